The first-order valence-electron chi connectivity index (χ1n) is 17.6. The van der Waals surface area contributed by atoms with Crippen molar-refractivity contribution in [3.63, 3.8) is 0 Å². The SMILES string of the molecule is C[Si](C)(C)c1ccc(-c2nc3ccccc3n2-c2ccc(-c3ccc4c5c3ccc3cccc(c35)n4-c3ccc([Si](C)(C)C)cc3)cc2)cc1. The molecule has 7 aromatic carbocycles. The van der Waals surface area contributed by atoms with Gasteiger partial charge in [-0.2, -0.15) is 0 Å². The fraction of sp³-hybridized carbons (Fsp3) is 0.133. The molecule has 0 saturated carbocycles. The summed E-state index contributed by atoms with van der Waals surface area (Å²) in [5, 5.41) is 8.17. The van der Waals surface area contributed by atoms with Crippen LogP contribution in [0.2, 0.25) is 39.3 Å². The van der Waals surface area contributed by atoms with E-state index in [0.29, 0.717) is 0 Å². The van der Waals surface area contributed by atoms with E-state index in [1.807, 2.05) is 0 Å². The van der Waals surface area contributed by atoms with Gasteiger partial charge < -0.3 is 4.57 Å². The van der Waals surface area contributed by atoms with E-state index in [9.17, 15) is 0 Å². The molecule has 9 aromatic rings. The van der Waals surface area contributed by atoms with E-state index < -0.39 is 16.1 Å². The highest BCUT2D eigenvalue weighted by Crippen LogP contribution is 2.42. The summed E-state index contributed by atoms with van der Waals surface area (Å²) in [5.41, 5.74) is 10.5. The predicted molar refractivity (Wildman–Crippen MR) is 221 cm³/mol. The maximum Gasteiger partial charge on any atom is 0.145 e. The molecular formula is C45H41N3Si2. The molecule has 0 aliphatic rings. The molecule has 0 bridgehead atoms. The van der Waals surface area contributed by atoms with Crippen molar-refractivity contribution in [2.24, 2.45) is 0 Å². The minimum absolute atomic E-state index is 0.971. The van der Waals surface area contributed by atoms with E-state index in [-0.39, 0.29) is 0 Å². The van der Waals surface area contributed by atoms with Gasteiger partial charge in [0.05, 0.1) is 38.2 Å². The lowest BCUT2D eigenvalue weighted by Crippen LogP contribution is -2.37. The molecule has 9 rings (SSSR count). The Kier molecular flexibility index (Phi) is 6.86. The third-order valence-corrected chi connectivity index (χ3v) is 14.6. The van der Waals surface area contributed by atoms with Crippen LogP contribution in [-0.4, -0.2) is 30.3 Å². The molecule has 2 aromatic heterocycles. The largest absolute Gasteiger partial charge is 0.309 e. The van der Waals surface area contributed by atoms with Crippen molar-refractivity contribution >= 4 is 70.1 Å². The molecule has 0 radical (unpaired) electrons. The third-order valence-electron chi connectivity index (χ3n) is 10.5. The molecule has 5 heteroatoms. The lowest BCUT2D eigenvalue weighted by molar-refractivity contribution is 1.10. The number of hydrogen-bond acceptors (Lipinski definition) is 1. The lowest BCUT2D eigenvalue weighted by atomic mass is 9.94. The zero-order valence-corrected chi connectivity index (χ0v) is 31.6. The Morgan fingerprint density at radius 3 is 1.72 bits per heavy atom. The average molecular weight is 680 g/mol. The van der Waals surface area contributed by atoms with Gasteiger partial charge in [0.15, 0.2) is 0 Å². The zero-order chi connectivity index (χ0) is 34.4. The van der Waals surface area contributed by atoms with Crippen molar-refractivity contribution in [2.75, 3.05) is 0 Å². The summed E-state index contributed by atoms with van der Waals surface area (Å²) < 4.78 is 4.76. The Hall–Kier alpha value is -5.24. The van der Waals surface area contributed by atoms with Crippen LogP contribution in [0.4, 0.5) is 0 Å². The van der Waals surface area contributed by atoms with Crippen molar-refractivity contribution in [1.82, 2.24) is 14.1 Å². The number of rotatable bonds is 6. The Morgan fingerprint density at radius 2 is 1.02 bits per heavy atom. The van der Waals surface area contributed by atoms with Crippen molar-refractivity contribution < 1.29 is 0 Å². The second-order valence-electron chi connectivity index (χ2n) is 15.8. The molecule has 0 aliphatic carbocycles. The van der Waals surface area contributed by atoms with Crippen LogP contribution in [0.3, 0.4) is 0 Å². The number of para-hydroxylation sites is 2. The van der Waals surface area contributed by atoms with Crippen LogP contribution in [0.1, 0.15) is 0 Å². The molecule has 0 unspecified atom stereocenters. The van der Waals surface area contributed by atoms with Gasteiger partial charge in [-0.05, 0) is 70.4 Å². The molecule has 0 atom stereocenters. The summed E-state index contributed by atoms with van der Waals surface area (Å²) in [6.45, 7) is 14.4. The maximum absolute atomic E-state index is 5.14. The smallest absolute Gasteiger partial charge is 0.145 e. The molecule has 0 amide bonds. The lowest BCUT2D eigenvalue weighted by Gasteiger charge is -2.17. The van der Waals surface area contributed by atoms with Crippen LogP contribution in [-0.2, 0) is 0 Å². The second-order valence-corrected chi connectivity index (χ2v) is 25.9. The third kappa shape index (κ3) is 4.87. The first kappa shape index (κ1) is 30.8. The van der Waals surface area contributed by atoms with Crippen LogP contribution in [0.15, 0.2) is 140 Å². The normalized spacial score (nSPS) is 12.6. The quantitative estimate of drug-likeness (QED) is 0.127. The van der Waals surface area contributed by atoms with E-state index in [0.717, 1.165) is 28.1 Å². The van der Waals surface area contributed by atoms with Gasteiger partial charge in [0.25, 0.3) is 0 Å². The predicted octanol–water partition coefficient (Wildman–Crippen LogP) is 11.1. The summed E-state index contributed by atoms with van der Waals surface area (Å²) in [5.74, 6) is 0.971. The van der Waals surface area contributed by atoms with E-state index in [1.54, 1.807) is 0 Å². The van der Waals surface area contributed by atoms with Crippen molar-refractivity contribution in [3.05, 3.63) is 140 Å². The van der Waals surface area contributed by atoms with Gasteiger partial charge in [-0.3, -0.25) is 4.57 Å². The van der Waals surface area contributed by atoms with Crippen LogP contribution in [0.5, 0.6) is 0 Å². The van der Waals surface area contributed by atoms with Crippen LogP contribution in [0.25, 0.3) is 77.5 Å². The molecule has 0 aliphatic heterocycles. The fourth-order valence-electron chi connectivity index (χ4n) is 7.72. The Balaban J connectivity index is 1.17. The Bertz CT molecular complexity index is 2680. The van der Waals surface area contributed by atoms with Crippen LogP contribution in [0, 0.1) is 0 Å². The Labute approximate surface area is 295 Å². The second kappa shape index (κ2) is 11.1. The number of hydrogen-bond donors (Lipinski definition) is 0. The first-order chi connectivity index (χ1) is 24.1. The number of aromatic nitrogens is 3. The van der Waals surface area contributed by atoms with Crippen molar-refractivity contribution in [3.8, 4) is 33.9 Å². The molecular weight excluding hydrogens is 639 g/mol. The molecule has 244 valence electrons. The highest BCUT2D eigenvalue weighted by molar-refractivity contribution is 6.89. The minimum atomic E-state index is -1.40. The summed E-state index contributed by atoms with van der Waals surface area (Å²) >= 11 is 0. The summed E-state index contributed by atoms with van der Waals surface area (Å²) in [7, 11) is -2.79. The molecule has 3 nitrogen and oxygen atoms in total. The monoisotopic (exact) mass is 679 g/mol. The van der Waals surface area contributed by atoms with Crippen molar-refractivity contribution in [1.29, 1.82) is 0 Å². The van der Waals surface area contributed by atoms with Gasteiger partial charge in [0.2, 0.25) is 0 Å². The summed E-state index contributed by atoms with van der Waals surface area (Å²) in [6, 6.07) is 51.9. The Morgan fingerprint density at radius 1 is 0.440 bits per heavy atom. The minimum Gasteiger partial charge on any atom is -0.309 e. The van der Waals surface area contributed by atoms with Gasteiger partial charge in [-0.25, -0.2) is 4.98 Å². The standard InChI is InChI=1S/C45H41N3Si2/c1-49(2,3)35-23-16-32(17-24-35)45-46-39-11-7-8-12-40(39)48(45)34-19-14-30(15-20-34)37-28-29-42-44-38(37)27-18-31-10-9-13-41(43(31)44)47(42)33-21-25-36(26-22-33)50(4,5)6/h7-29H,1-6H3. The number of benzene rings is 7. The highest BCUT2D eigenvalue weighted by atomic mass is 28.3. The highest BCUT2D eigenvalue weighted by Gasteiger charge is 2.22. The zero-order valence-electron chi connectivity index (χ0n) is 29.6. The van der Waals surface area contributed by atoms with E-state index in [1.165, 1.54) is 59.8 Å². The average Bonchev–Trinajstić information content (AvgIpc) is 3.67. The first-order valence-corrected chi connectivity index (χ1v) is 24.6. The molecule has 0 fully saturated rings. The van der Waals surface area contributed by atoms with Gasteiger partial charge >= 0.3 is 0 Å². The molecule has 50 heavy (non-hydrogen) atoms. The topological polar surface area (TPSA) is 22.8 Å². The van der Waals surface area contributed by atoms with Crippen LogP contribution < -0.4 is 10.4 Å². The van der Waals surface area contributed by atoms with Gasteiger partial charge in [-0.1, -0.05) is 141 Å². The molecule has 0 spiro atoms. The summed E-state index contributed by atoms with van der Waals surface area (Å²) in [6.07, 6.45) is 0. The van der Waals surface area contributed by atoms with Crippen LogP contribution >= 0.6 is 0 Å². The summed E-state index contributed by atoms with van der Waals surface area (Å²) in [4.78, 5) is 5.14. The van der Waals surface area contributed by atoms with Gasteiger partial charge in [0, 0.05) is 27.7 Å². The van der Waals surface area contributed by atoms with E-state index >= 15 is 0 Å². The molecule has 0 N–H and O–H groups in total. The van der Waals surface area contributed by atoms with Crippen molar-refractivity contribution in [2.45, 2.75) is 39.3 Å². The maximum atomic E-state index is 5.14. The van der Waals surface area contributed by atoms with Gasteiger partial charge in [-0.15, -0.1) is 0 Å². The molecule has 2 heterocycles. The van der Waals surface area contributed by atoms with E-state index in [2.05, 4.69) is 188 Å². The number of imidazole rings is 1. The fourth-order valence-corrected chi connectivity index (χ4v) is 10.1. The number of nitrogens with zero attached hydrogens (tertiary/aromatic N) is 3. The van der Waals surface area contributed by atoms with Gasteiger partial charge in [0.1, 0.15) is 5.82 Å². The molecule has 0 saturated heterocycles. The van der Waals surface area contributed by atoms with E-state index in [4.69, 9.17) is 4.98 Å². The number of fused-ring (bicyclic) bond motifs is 1.